The van der Waals surface area contributed by atoms with Crippen LogP contribution in [0.3, 0.4) is 0 Å². The number of imide groups is 2. The van der Waals surface area contributed by atoms with E-state index in [1.807, 2.05) is 41.0 Å². The predicted molar refractivity (Wildman–Crippen MR) is 118 cm³/mol. The van der Waals surface area contributed by atoms with Crippen LogP contribution in [0, 0.1) is 0 Å². The van der Waals surface area contributed by atoms with Gasteiger partial charge in [-0.2, -0.15) is 4.98 Å². The van der Waals surface area contributed by atoms with Gasteiger partial charge < -0.3 is 14.0 Å². The summed E-state index contributed by atoms with van der Waals surface area (Å²) in [6.45, 7) is 0. The van der Waals surface area contributed by atoms with E-state index in [0.717, 1.165) is 11.1 Å². The summed E-state index contributed by atoms with van der Waals surface area (Å²) in [5, 5.41) is 7.97. The van der Waals surface area contributed by atoms with Gasteiger partial charge in [-0.1, -0.05) is 35.5 Å². The Bertz CT molecular complexity index is 1330. The molecule has 0 aliphatic carbocycles. The van der Waals surface area contributed by atoms with Crippen LogP contribution in [-0.2, 0) is 9.59 Å². The lowest BCUT2D eigenvalue weighted by molar-refractivity contribution is -0.139. The molecule has 0 radical (unpaired) electrons. The topological polar surface area (TPSA) is 133 Å². The van der Waals surface area contributed by atoms with E-state index in [0.29, 0.717) is 23.2 Å². The zero-order chi connectivity index (χ0) is 23.5. The standard InChI is InChI=1S/C24H16N4O6/c29-21-19(22(30)27-24(31)26-21)33-18-12-10-17(11-13-18)32-16-8-6-15(7-9-16)23-25-20(28-34-23)14-4-2-1-3-5-14/h1-13,19H,(H2,26,27,29,30,31). The Labute approximate surface area is 192 Å². The minimum atomic E-state index is -1.45. The maximum Gasteiger partial charge on any atom is 0.328 e. The van der Waals surface area contributed by atoms with Gasteiger partial charge in [-0.05, 0) is 48.5 Å². The molecular weight excluding hydrogens is 440 g/mol. The molecule has 1 aromatic heterocycles. The Kier molecular flexibility index (Phi) is 5.45. The van der Waals surface area contributed by atoms with E-state index in [2.05, 4.69) is 10.1 Å². The number of rotatable bonds is 6. The minimum Gasteiger partial charge on any atom is -0.471 e. The Morgan fingerprint density at radius 1 is 0.706 bits per heavy atom. The molecule has 4 amide bonds. The molecule has 2 heterocycles. The van der Waals surface area contributed by atoms with Crippen molar-refractivity contribution >= 4 is 17.8 Å². The van der Waals surface area contributed by atoms with Gasteiger partial charge in [-0.25, -0.2) is 4.79 Å². The first-order valence-corrected chi connectivity index (χ1v) is 10.1. The van der Waals surface area contributed by atoms with Gasteiger partial charge in [0.05, 0.1) is 0 Å². The first kappa shape index (κ1) is 20.9. The Morgan fingerprint density at radius 2 is 1.29 bits per heavy atom. The van der Waals surface area contributed by atoms with Gasteiger partial charge in [0.1, 0.15) is 17.2 Å². The molecule has 1 fully saturated rings. The largest absolute Gasteiger partial charge is 0.471 e. The molecule has 34 heavy (non-hydrogen) atoms. The monoisotopic (exact) mass is 456 g/mol. The van der Waals surface area contributed by atoms with Crippen molar-refractivity contribution < 1.29 is 28.4 Å². The van der Waals surface area contributed by atoms with Crippen molar-refractivity contribution in [2.24, 2.45) is 0 Å². The zero-order valence-electron chi connectivity index (χ0n) is 17.4. The number of amides is 4. The lowest BCUT2D eigenvalue weighted by Crippen LogP contribution is -2.60. The molecule has 1 aliphatic heterocycles. The molecule has 1 aliphatic rings. The summed E-state index contributed by atoms with van der Waals surface area (Å²) in [4.78, 5) is 39.1. The molecule has 5 rings (SSSR count). The maximum atomic E-state index is 11.8. The second kappa shape index (κ2) is 8.87. The molecule has 1 saturated heterocycles. The lowest BCUT2D eigenvalue weighted by Gasteiger charge is -2.21. The summed E-state index contributed by atoms with van der Waals surface area (Å²) >= 11 is 0. The van der Waals surface area contributed by atoms with Crippen LogP contribution in [0.5, 0.6) is 17.2 Å². The van der Waals surface area contributed by atoms with E-state index in [4.69, 9.17) is 14.0 Å². The van der Waals surface area contributed by atoms with E-state index in [1.54, 1.807) is 48.5 Å². The van der Waals surface area contributed by atoms with Crippen LogP contribution in [0.25, 0.3) is 22.8 Å². The van der Waals surface area contributed by atoms with Gasteiger partial charge in [0.2, 0.25) is 5.82 Å². The second-order valence-electron chi connectivity index (χ2n) is 7.19. The molecule has 4 aromatic rings. The van der Waals surface area contributed by atoms with Crippen LogP contribution >= 0.6 is 0 Å². The number of barbiturate groups is 1. The highest BCUT2D eigenvalue weighted by Crippen LogP contribution is 2.28. The number of nitrogens with one attached hydrogen (secondary N) is 2. The number of benzene rings is 3. The summed E-state index contributed by atoms with van der Waals surface area (Å²) in [6, 6.07) is 22.1. The molecule has 10 heteroatoms. The third-order valence-electron chi connectivity index (χ3n) is 4.82. The predicted octanol–water partition coefficient (Wildman–Crippen LogP) is 3.31. The van der Waals surface area contributed by atoms with Gasteiger partial charge in [0.15, 0.2) is 0 Å². The molecule has 0 atom stereocenters. The Morgan fingerprint density at radius 3 is 1.94 bits per heavy atom. The quantitative estimate of drug-likeness (QED) is 0.422. The zero-order valence-corrected chi connectivity index (χ0v) is 17.4. The minimum absolute atomic E-state index is 0.262. The highest BCUT2D eigenvalue weighted by atomic mass is 16.5. The molecule has 0 bridgehead atoms. The summed E-state index contributed by atoms with van der Waals surface area (Å²) in [5.41, 5.74) is 1.61. The summed E-state index contributed by atoms with van der Waals surface area (Å²) < 4.78 is 16.6. The first-order chi connectivity index (χ1) is 16.5. The van der Waals surface area contributed by atoms with Gasteiger partial charge >= 0.3 is 6.03 Å². The fourth-order valence-electron chi connectivity index (χ4n) is 3.18. The van der Waals surface area contributed by atoms with Crippen molar-refractivity contribution in [3.05, 3.63) is 78.9 Å². The lowest BCUT2D eigenvalue weighted by atomic mass is 10.2. The maximum absolute atomic E-state index is 11.8. The van der Waals surface area contributed by atoms with Crippen molar-refractivity contribution in [3.8, 4) is 40.1 Å². The highest BCUT2D eigenvalue weighted by molar-refractivity contribution is 6.18. The number of carbonyl (C=O) groups is 3. The fourth-order valence-corrected chi connectivity index (χ4v) is 3.18. The summed E-state index contributed by atoms with van der Waals surface area (Å²) in [6.07, 6.45) is -1.45. The average molecular weight is 456 g/mol. The molecule has 2 N–H and O–H groups in total. The van der Waals surface area contributed by atoms with E-state index in [1.165, 1.54) is 0 Å². The Hall–Kier alpha value is -4.99. The SMILES string of the molecule is O=C1NC(=O)C(Oc2ccc(Oc3ccc(-c4nc(-c5ccccc5)no4)cc3)cc2)C(=O)N1. The fraction of sp³-hybridized carbons (Fsp3) is 0.0417. The number of carbonyl (C=O) groups excluding carboxylic acids is 3. The van der Waals surface area contributed by atoms with E-state index >= 15 is 0 Å². The third-order valence-corrected chi connectivity index (χ3v) is 4.82. The van der Waals surface area contributed by atoms with E-state index in [-0.39, 0.29) is 5.75 Å². The van der Waals surface area contributed by atoms with Gasteiger partial charge in [-0.15, -0.1) is 0 Å². The van der Waals surface area contributed by atoms with Crippen molar-refractivity contribution in [1.82, 2.24) is 20.8 Å². The van der Waals surface area contributed by atoms with Crippen LogP contribution in [0.4, 0.5) is 4.79 Å². The molecular formula is C24H16N4O6. The number of ether oxygens (including phenoxy) is 2. The molecule has 0 unspecified atom stereocenters. The first-order valence-electron chi connectivity index (χ1n) is 10.1. The van der Waals surface area contributed by atoms with Gasteiger partial charge in [-0.3, -0.25) is 20.2 Å². The summed E-state index contributed by atoms with van der Waals surface area (Å²) in [7, 11) is 0. The van der Waals surface area contributed by atoms with Crippen molar-refractivity contribution in [3.63, 3.8) is 0 Å². The van der Waals surface area contributed by atoms with Crippen LogP contribution in [0.1, 0.15) is 0 Å². The molecule has 10 nitrogen and oxygen atoms in total. The van der Waals surface area contributed by atoms with Gasteiger partial charge in [0.25, 0.3) is 23.8 Å². The van der Waals surface area contributed by atoms with Crippen LogP contribution in [0.15, 0.2) is 83.4 Å². The van der Waals surface area contributed by atoms with Crippen LogP contribution in [-0.4, -0.2) is 34.1 Å². The van der Waals surface area contributed by atoms with Crippen LogP contribution in [0.2, 0.25) is 0 Å². The third kappa shape index (κ3) is 4.46. The van der Waals surface area contributed by atoms with E-state index < -0.39 is 23.9 Å². The molecule has 0 spiro atoms. The molecule has 168 valence electrons. The van der Waals surface area contributed by atoms with Crippen molar-refractivity contribution in [1.29, 1.82) is 0 Å². The highest BCUT2D eigenvalue weighted by Gasteiger charge is 2.36. The molecule has 3 aromatic carbocycles. The molecule has 0 saturated carbocycles. The van der Waals surface area contributed by atoms with Crippen molar-refractivity contribution in [2.45, 2.75) is 6.10 Å². The number of aromatic nitrogens is 2. The average Bonchev–Trinajstić information content (AvgIpc) is 3.34. The normalized spacial score (nSPS) is 13.8. The van der Waals surface area contributed by atoms with Crippen molar-refractivity contribution in [2.75, 3.05) is 0 Å². The van der Waals surface area contributed by atoms with Gasteiger partial charge in [0, 0.05) is 11.1 Å². The number of hydrogen-bond donors (Lipinski definition) is 2. The number of urea groups is 1. The van der Waals surface area contributed by atoms with E-state index in [9.17, 15) is 14.4 Å². The number of hydrogen-bond acceptors (Lipinski definition) is 8. The second-order valence-corrected chi connectivity index (χ2v) is 7.19. The van der Waals surface area contributed by atoms with Crippen LogP contribution < -0.4 is 20.1 Å². The smallest absolute Gasteiger partial charge is 0.328 e. The Balaban J connectivity index is 1.22. The number of nitrogens with zero attached hydrogens (tertiary/aromatic N) is 2. The summed E-state index contributed by atoms with van der Waals surface area (Å²) in [5.74, 6) is 0.592.